The van der Waals surface area contributed by atoms with E-state index in [-0.39, 0.29) is 0 Å². The largest absolute Gasteiger partial charge is 0.375 e. The standard InChI is InChI=1S/C13H25N3/c1-10(2)12-6-7-13(11(3)15-12)16(5)9-8-14-4/h10,14H,6-9H2,1-5H3. The van der Waals surface area contributed by atoms with E-state index in [0.29, 0.717) is 5.92 Å². The number of hydrogen-bond acceptors (Lipinski definition) is 3. The second-order valence-electron chi connectivity index (χ2n) is 4.82. The second kappa shape index (κ2) is 6.04. The van der Waals surface area contributed by atoms with Crippen molar-refractivity contribution in [3.05, 3.63) is 11.4 Å². The van der Waals surface area contributed by atoms with Gasteiger partial charge in [-0.1, -0.05) is 13.8 Å². The number of hydrogen-bond donors (Lipinski definition) is 1. The van der Waals surface area contributed by atoms with E-state index >= 15 is 0 Å². The minimum Gasteiger partial charge on any atom is -0.375 e. The minimum atomic E-state index is 0.583. The Morgan fingerprint density at radius 1 is 1.38 bits per heavy atom. The van der Waals surface area contributed by atoms with Gasteiger partial charge in [0.05, 0.1) is 5.70 Å². The maximum atomic E-state index is 4.73. The summed E-state index contributed by atoms with van der Waals surface area (Å²) in [6.07, 6.45) is 2.26. The van der Waals surface area contributed by atoms with Gasteiger partial charge in [0.15, 0.2) is 0 Å². The first-order chi connectivity index (χ1) is 7.56. The first-order valence-electron chi connectivity index (χ1n) is 6.19. The van der Waals surface area contributed by atoms with Crippen LogP contribution in [0.4, 0.5) is 0 Å². The lowest BCUT2D eigenvalue weighted by Gasteiger charge is -2.27. The Balaban J connectivity index is 2.70. The van der Waals surface area contributed by atoms with Crippen molar-refractivity contribution in [1.82, 2.24) is 10.2 Å². The normalized spacial score (nSPS) is 16.8. The number of likely N-dealkylation sites (N-methyl/N-ethyl adjacent to an activating group) is 2. The lowest BCUT2D eigenvalue weighted by atomic mass is 9.98. The lowest BCUT2D eigenvalue weighted by molar-refractivity contribution is 0.393. The molecule has 1 N–H and O–H groups in total. The Bertz CT molecular complexity index is 290. The first-order valence-corrected chi connectivity index (χ1v) is 6.19. The topological polar surface area (TPSA) is 27.6 Å². The molecule has 0 aromatic heterocycles. The maximum Gasteiger partial charge on any atom is 0.0563 e. The van der Waals surface area contributed by atoms with E-state index in [1.807, 2.05) is 7.05 Å². The molecule has 0 amide bonds. The van der Waals surface area contributed by atoms with Gasteiger partial charge >= 0.3 is 0 Å². The Morgan fingerprint density at radius 2 is 2.06 bits per heavy atom. The third kappa shape index (κ3) is 3.34. The Hall–Kier alpha value is -0.830. The number of nitrogens with zero attached hydrogens (tertiary/aromatic N) is 2. The smallest absolute Gasteiger partial charge is 0.0563 e. The van der Waals surface area contributed by atoms with Crippen LogP contribution in [0.2, 0.25) is 0 Å². The molecule has 0 fully saturated rings. The van der Waals surface area contributed by atoms with E-state index in [1.165, 1.54) is 17.1 Å². The van der Waals surface area contributed by atoms with Crippen LogP contribution in [0.15, 0.2) is 16.4 Å². The van der Waals surface area contributed by atoms with Gasteiger partial charge in [-0.2, -0.15) is 0 Å². The molecule has 0 atom stereocenters. The van der Waals surface area contributed by atoms with Crippen molar-refractivity contribution in [1.29, 1.82) is 0 Å². The van der Waals surface area contributed by atoms with E-state index < -0.39 is 0 Å². The van der Waals surface area contributed by atoms with E-state index in [4.69, 9.17) is 4.99 Å². The van der Waals surface area contributed by atoms with Gasteiger partial charge in [-0.25, -0.2) is 0 Å². The van der Waals surface area contributed by atoms with Gasteiger partial charge in [0, 0.05) is 31.5 Å². The molecule has 0 bridgehead atoms. The maximum absolute atomic E-state index is 4.73. The molecular weight excluding hydrogens is 198 g/mol. The average molecular weight is 223 g/mol. The third-order valence-corrected chi connectivity index (χ3v) is 3.17. The predicted molar refractivity (Wildman–Crippen MR) is 70.8 cm³/mol. The van der Waals surface area contributed by atoms with Gasteiger partial charge < -0.3 is 10.2 Å². The highest BCUT2D eigenvalue weighted by atomic mass is 15.1. The molecule has 3 nitrogen and oxygen atoms in total. The quantitative estimate of drug-likeness (QED) is 0.774. The molecule has 0 saturated carbocycles. The van der Waals surface area contributed by atoms with Crippen molar-refractivity contribution in [2.75, 3.05) is 27.2 Å². The highest BCUT2D eigenvalue weighted by Gasteiger charge is 2.16. The SMILES string of the molecule is CNCCN(C)C1=C(C)N=C(C(C)C)CC1. The summed E-state index contributed by atoms with van der Waals surface area (Å²) in [5.74, 6) is 0.583. The number of allylic oxidation sites excluding steroid dienone is 2. The molecular formula is C13H25N3. The molecule has 0 aromatic rings. The molecule has 0 aliphatic carbocycles. The molecule has 16 heavy (non-hydrogen) atoms. The summed E-state index contributed by atoms with van der Waals surface area (Å²) in [4.78, 5) is 7.05. The first kappa shape index (κ1) is 13.2. The van der Waals surface area contributed by atoms with Crippen molar-refractivity contribution in [3.63, 3.8) is 0 Å². The molecule has 1 heterocycles. The molecule has 0 aromatic carbocycles. The molecule has 1 aliphatic heterocycles. The lowest BCUT2D eigenvalue weighted by Crippen LogP contribution is -2.29. The summed E-state index contributed by atoms with van der Waals surface area (Å²) >= 11 is 0. The minimum absolute atomic E-state index is 0.583. The van der Waals surface area contributed by atoms with Crippen LogP contribution >= 0.6 is 0 Å². The number of rotatable bonds is 5. The van der Waals surface area contributed by atoms with Crippen molar-refractivity contribution < 1.29 is 0 Å². The molecule has 0 spiro atoms. The van der Waals surface area contributed by atoms with E-state index in [1.54, 1.807) is 0 Å². The van der Waals surface area contributed by atoms with E-state index in [9.17, 15) is 0 Å². The third-order valence-electron chi connectivity index (χ3n) is 3.17. The summed E-state index contributed by atoms with van der Waals surface area (Å²) in [7, 11) is 4.15. The van der Waals surface area contributed by atoms with Crippen LogP contribution in [0.25, 0.3) is 0 Å². The van der Waals surface area contributed by atoms with Crippen molar-refractivity contribution in [3.8, 4) is 0 Å². The van der Waals surface area contributed by atoms with Crippen molar-refractivity contribution in [2.24, 2.45) is 10.9 Å². The summed E-state index contributed by atoms with van der Waals surface area (Å²) in [6.45, 7) is 8.65. The van der Waals surface area contributed by atoms with Crippen LogP contribution in [-0.2, 0) is 0 Å². The Labute approximate surface area is 99.6 Å². The zero-order valence-electron chi connectivity index (χ0n) is 11.3. The zero-order valence-corrected chi connectivity index (χ0v) is 11.3. The van der Waals surface area contributed by atoms with Crippen LogP contribution in [-0.4, -0.2) is 37.8 Å². The summed E-state index contributed by atoms with van der Waals surface area (Å²) < 4.78 is 0. The van der Waals surface area contributed by atoms with Crippen LogP contribution in [0.3, 0.4) is 0 Å². The second-order valence-corrected chi connectivity index (χ2v) is 4.82. The van der Waals surface area contributed by atoms with E-state index in [0.717, 1.165) is 25.9 Å². The fraction of sp³-hybridized carbons (Fsp3) is 0.769. The van der Waals surface area contributed by atoms with Crippen LogP contribution in [0.1, 0.15) is 33.6 Å². The van der Waals surface area contributed by atoms with Gasteiger partial charge in [0.25, 0.3) is 0 Å². The fourth-order valence-electron chi connectivity index (χ4n) is 2.06. The fourth-order valence-corrected chi connectivity index (χ4v) is 2.06. The van der Waals surface area contributed by atoms with Crippen molar-refractivity contribution >= 4 is 5.71 Å². The van der Waals surface area contributed by atoms with Crippen LogP contribution in [0.5, 0.6) is 0 Å². The van der Waals surface area contributed by atoms with Gasteiger partial charge in [0.1, 0.15) is 0 Å². The predicted octanol–water partition coefficient (Wildman–Crippen LogP) is 2.26. The monoisotopic (exact) mass is 223 g/mol. The molecule has 92 valence electrons. The van der Waals surface area contributed by atoms with Gasteiger partial charge in [-0.15, -0.1) is 0 Å². The zero-order chi connectivity index (χ0) is 12.1. The molecule has 0 unspecified atom stereocenters. The Morgan fingerprint density at radius 3 is 2.56 bits per heavy atom. The molecule has 3 heteroatoms. The van der Waals surface area contributed by atoms with Crippen LogP contribution < -0.4 is 5.32 Å². The van der Waals surface area contributed by atoms with Gasteiger partial charge in [0.2, 0.25) is 0 Å². The molecule has 0 radical (unpaired) electrons. The van der Waals surface area contributed by atoms with Crippen LogP contribution in [0, 0.1) is 5.92 Å². The molecule has 1 aliphatic rings. The summed E-state index contributed by atoms with van der Waals surface area (Å²) in [6, 6.07) is 0. The Kier molecular flexibility index (Phi) is 5.00. The summed E-state index contributed by atoms with van der Waals surface area (Å²) in [5.41, 5.74) is 3.96. The highest BCUT2D eigenvalue weighted by Crippen LogP contribution is 2.23. The highest BCUT2D eigenvalue weighted by molar-refractivity contribution is 5.88. The summed E-state index contributed by atoms with van der Waals surface area (Å²) in [5, 5.41) is 3.18. The molecule has 1 rings (SSSR count). The average Bonchev–Trinajstić information content (AvgIpc) is 2.25. The van der Waals surface area contributed by atoms with Gasteiger partial charge in [-0.3, -0.25) is 4.99 Å². The van der Waals surface area contributed by atoms with Gasteiger partial charge in [-0.05, 0) is 32.7 Å². The molecule has 0 saturated heterocycles. The number of nitrogens with one attached hydrogen (secondary N) is 1. The van der Waals surface area contributed by atoms with E-state index in [2.05, 4.69) is 38.0 Å². The number of aliphatic imine (C=N–C) groups is 1. The van der Waals surface area contributed by atoms with Crippen molar-refractivity contribution in [2.45, 2.75) is 33.6 Å².